The number of carboxylic acids is 1. The summed E-state index contributed by atoms with van der Waals surface area (Å²) < 4.78 is 5.79. The lowest BCUT2D eigenvalue weighted by molar-refractivity contribution is 0.0703. The number of urea groups is 1. The van der Waals surface area contributed by atoms with Gasteiger partial charge in [0, 0.05) is 6.20 Å². The third-order valence-electron chi connectivity index (χ3n) is 4.74. The number of hydrogen-bond donors (Lipinski definition) is 2. The summed E-state index contributed by atoms with van der Waals surface area (Å²) in [6, 6.07) is 17.6. The number of nitriles is 1. The molecule has 0 aliphatic carbocycles. The SMILES string of the molecule is N#Cc1cnc2sc(C(=O)O)c3c2c1N(c1ccc(Oc2ccccc2)cc1)C(=O)N3. The monoisotopic (exact) mass is 428 g/mol. The minimum absolute atomic E-state index is 0.0292. The Balaban J connectivity index is 1.61. The van der Waals surface area contributed by atoms with Crippen molar-refractivity contribution in [3.63, 3.8) is 0 Å². The molecule has 0 unspecified atom stereocenters. The predicted octanol–water partition coefficient (Wildman–Crippen LogP) is 5.34. The predicted molar refractivity (Wildman–Crippen MR) is 115 cm³/mol. The summed E-state index contributed by atoms with van der Waals surface area (Å²) in [6.07, 6.45) is 1.35. The molecule has 31 heavy (non-hydrogen) atoms. The van der Waals surface area contributed by atoms with Gasteiger partial charge in [0.2, 0.25) is 0 Å². The number of hydrogen-bond acceptors (Lipinski definition) is 6. The molecule has 1 aliphatic heterocycles. The van der Waals surface area contributed by atoms with E-state index >= 15 is 0 Å². The molecule has 2 N–H and O–H groups in total. The molecule has 150 valence electrons. The number of carboxylic acid groups (broad SMARTS) is 1. The highest BCUT2D eigenvalue weighted by atomic mass is 32.1. The zero-order valence-electron chi connectivity index (χ0n) is 15.7. The van der Waals surface area contributed by atoms with Crippen molar-refractivity contribution in [2.24, 2.45) is 0 Å². The molecule has 4 aromatic rings. The molecule has 0 saturated carbocycles. The first-order valence-corrected chi connectivity index (χ1v) is 9.91. The average Bonchev–Trinajstić information content (AvgIpc) is 3.15. The van der Waals surface area contributed by atoms with E-state index in [4.69, 9.17) is 4.74 Å². The zero-order valence-corrected chi connectivity index (χ0v) is 16.5. The second kappa shape index (κ2) is 7.12. The Kier molecular flexibility index (Phi) is 4.27. The number of pyridine rings is 1. The topological polar surface area (TPSA) is 116 Å². The fraction of sp³-hybridized carbons (Fsp3) is 0. The minimum Gasteiger partial charge on any atom is -0.477 e. The quantitative estimate of drug-likeness (QED) is 0.453. The Morgan fingerprint density at radius 2 is 1.84 bits per heavy atom. The van der Waals surface area contributed by atoms with Crippen molar-refractivity contribution in [3.05, 3.63) is 71.2 Å². The van der Waals surface area contributed by atoms with E-state index in [2.05, 4.69) is 16.4 Å². The van der Waals surface area contributed by atoms with Crippen molar-refractivity contribution in [1.29, 1.82) is 5.26 Å². The van der Waals surface area contributed by atoms with Gasteiger partial charge < -0.3 is 15.2 Å². The number of ether oxygens (including phenoxy) is 1. The molecule has 0 radical (unpaired) electrons. The van der Waals surface area contributed by atoms with Crippen LogP contribution in [0.5, 0.6) is 11.5 Å². The molecule has 9 heteroatoms. The second-order valence-electron chi connectivity index (χ2n) is 6.60. The van der Waals surface area contributed by atoms with Crippen molar-refractivity contribution in [3.8, 4) is 17.6 Å². The van der Waals surface area contributed by atoms with E-state index in [1.165, 1.54) is 11.1 Å². The number of thiophene rings is 1. The Morgan fingerprint density at radius 1 is 1.13 bits per heavy atom. The van der Waals surface area contributed by atoms with Crippen LogP contribution in [0, 0.1) is 11.3 Å². The lowest BCUT2D eigenvalue weighted by atomic mass is 10.1. The van der Waals surface area contributed by atoms with Crippen molar-refractivity contribution in [2.75, 3.05) is 10.2 Å². The van der Waals surface area contributed by atoms with Crippen LogP contribution in [0.15, 0.2) is 60.8 Å². The van der Waals surface area contributed by atoms with Gasteiger partial charge in [0.1, 0.15) is 27.3 Å². The maximum absolute atomic E-state index is 13.0. The number of amides is 2. The molecule has 3 heterocycles. The molecule has 0 fully saturated rings. The Labute approximate surface area is 179 Å². The lowest BCUT2D eigenvalue weighted by Crippen LogP contribution is -2.34. The van der Waals surface area contributed by atoms with Gasteiger partial charge in [-0.2, -0.15) is 5.26 Å². The van der Waals surface area contributed by atoms with Crippen LogP contribution in [0.3, 0.4) is 0 Å². The Hall–Kier alpha value is -4.42. The number of nitrogens with zero attached hydrogens (tertiary/aromatic N) is 3. The van der Waals surface area contributed by atoms with E-state index in [9.17, 15) is 20.0 Å². The molecule has 2 amide bonds. The molecule has 8 nitrogen and oxygen atoms in total. The highest BCUT2D eigenvalue weighted by Gasteiger charge is 2.34. The van der Waals surface area contributed by atoms with Gasteiger partial charge in [-0.3, -0.25) is 4.90 Å². The molecule has 0 spiro atoms. The third-order valence-corrected chi connectivity index (χ3v) is 5.83. The van der Waals surface area contributed by atoms with Gasteiger partial charge >= 0.3 is 12.0 Å². The summed E-state index contributed by atoms with van der Waals surface area (Å²) in [5, 5.41) is 22.2. The van der Waals surface area contributed by atoms with Crippen LogP contribution < -0.4 is 15.0 Å². The van der Waals surface area contributed by atoms with E-state index in [0.29, 0.717) is 33.1 Å². The number of aromatic carboxylic acids is 1. The summed E-state index contributed by atoms with van der Waals surface area (Å²) in [5.41, 5.74) is 1.14. The summed E-state index contributed by atoms with van der Waals surface area (Å²) in [7, 11) is 0. The van der Waals surface area contributed by atoms with Crippen LogP contribution in [0.1, 0.15) is 15.2 Å². The average molecular weight is 428 g/mol. The molecular formula is C22H12N4O4S. The van der Waals surface area contributed by atoms with Crippen LogP contribution >= 0.6 is 11.3 Å². The van der Waals surface area contributed by atoms with Crippen molar-refractivity contribution >= 4 is 50.6 Å². The Morgan fingerprint density at radius 3 is 2.52 bits per heavy atom. The highest BCUT2D eigenvalue weighted by molar-refractivity contribution is 7.21. The number of aromatic nitrogens is 1. The van der Waals surface area contributed by atoms with Crippen LogP contribution in [0.2, 0.25) is 0 Å². The zero-order chi connectivity index (χ0) is 21.5. The van der Waals surface area contributed by atoms with Gasteiger partial charge in [0.25, 0.3) is 0 Å². The molecular weight excluding hydrogens is 416 g/mol. The van der Waals surface area contributed by atoms with Crippen molar-refractivity contribution < 1.29 is 19.4 Å². The first-order valence-electron chi connectivity index (χ1n) is 9.10. The van der Waals surface area contributed by atoms with Gasteiger partial charge in [-0.25, -0.2) is 14.6 Å². The number of carbonyl (C=O) groups excluding carboxylic acids is 1. The lowest BCUT2D eigenvalue weighted by Gasteiger charge is -2.29. The van der Waals surface area contributed by atoms with Gasteiger partial charge in [-0.15, -0.1) is 11.3 Å². The standard InChI is InChI=1S/C22H12N4O4S/c23-10-12-11-24-20-16-17(19(31-20)21(27)28)25-22(29)26(18(12)16)13-6-8-15(9-7-13)30-14-4-2-1-3-5-14/h1-9,11H,(H,25,29)(H,27,28). The molecule has 0 bridgehead atoms. The Bertz CT molecular complexity index is 1390. The van der Waals surface area contributed by atoms with Crippen molar-refractivity contribution in [1.82, 2.24) is 4.98 Å². The maximum atomic E-state index is 13.0. The summed E-state index contributed by atoms with van der Waals surface area (Å²) in [5.74, 6) is 0.0912. The second-order valence-corrected chi connectivity index (χ2v) is 7.60. The van der Waals surface area contributed by atoms with Crippen molar-refractivity contribution in [2.45, 2.75) is 0 Å². The maximum Gasteiger partial charge on any atom is 0.348 e. The number of carbonyl (C=O) groups is 2. The van der Waals surface area contributed by atoms with E-state index in [0.717, 1.165) is 11.3 Å². The summed E-state index contributed by atoms with van der Waals surface area (Å²) >= 11 is 0.951. The number of para-hydroxylation sites is 1. The molecule has 0 saturated heterocycles. The van der Waals surface area contributed by atoms with Gasteiger partial charge in [-0.1, -0.05) is 18.2 Å². The van der Waals surface area contributed by atoms with Gasteiger partial charge in [0.15, 0.2) is 0 Å². The fourth-order valence-corrected chi connectivity index (χ4v) is 4.37. The highest BCUT2D eigenvalue weighted by Crippen LogP contribution is 2.47. The number of anilines is 3. The van der Waals surface area contributed by atoms with Gasteiger partial charge in [-0.05, 0) is 36.4 Å². The normalized spacial score (nSPS) is 12.4. The first-order chi connectivity index (χ1) is 15.1. The minimum atomic E-state index is -1.17. The van der Waals surface area contributed by atoms with Gasteiger partial charge in [0.05, 0.1) is 28.0 Å². The van der Waals surface area contributed by atoms with E-state index in [-0.39, 0.29) is 16.1 Å². The number of benzene rings is 2. The smallest absolute Gasteiger partial charge is 0.348 e. The van der Waals surface area contributed by atoms with Crippen LogP contribution in [0.25, 0.3) is 10.2 Å². The number of nitrogens with one attached hydrogen (secondary N) is 1. The van der Waals surface area contributed by atoms with Crippen LogP contribution in [-0.4, -0.2) is 22.1 Å². The van der Waals surface area contributed by atoms with Crippen LogP contribution in [0.4, 0.5) is 21.9 Å². The van der Waals surface area contributed by atoms with Crippen LogP contribution in [-0.2, 0) is 0 Å². The molecule has 1 aliphatic rings. The molecule has 2 aromatic carbocycles. The van der Waals surface area contributed by atoms with E-state index in [1.807, 2.05) is 30.3 Å². The third kappa shape index (κ3) is 3.02. The summed E-state index contributed by atoms with van der Waals surface area (Å²) in [6.45, 7) is 0. The fourth-order valence-electron chi connectivity index (χ4n) is 3.43. The largest absolute Gasteiger partial charge is 0.477 e. The van der Waals surface area contributed by atoms with E-state index < -0.39 is 12.0 Å². The van der Waals surface area contributed by atoms with E-state index in [1.54, 1.807) is 24.3 Å². The first kappa shape index (κ1) is 18.6. The molecule has 0 atom stereocenters. The summed E-state index contributed by atoms with van der Waals surface area (Å²) in [4.78, 5) is 30.6. The molecule has 2 aromatic heterocycles. The molecule has 5 rings (SSSR count). The number of rotatable bonds is 4.